The molecule has 1 saturated carbocycles. The van der Waals surface area contributed by atoms with Crippen LogP contribution in [-0.4, -0.2) is 31.5 Å². The largest absolute Gasteiger partial charge is 0.355 e. The number of aryl methyl sites for hydroxylation is 2. The molecule has 6 aromatic rings. The van der Waals surface area contributed by atoms with Crippen LogP contribution in [0.4, 0.5) is 0 Å². The number of carbonyl (C=O) groups is 2. The number of aromatic amines is 2. The average Bonchev–Trinajstić information content (AvgIpc) is 4.09. The molecule has 5 heterocycles. The summed E-state index contributed by atoms with van der Waals surface area (Å²) >= 11 is 0. The Morgan fingerprint density at radius 2 is 0.946 bits per heavy atom. The molecule has 6 heteroatoms. The van der Waals surface area contributed by atoms with Crippen LogP contribution in [0.25, 0.3) is 67.6 Å². The van der Waals surface area contributed by atoms with Gasteiger partial charge in [-0.05, 0) is 122 Å². The van der Waals surface area contributed by atoms with Crippen LogP contribution < -0.4 is 0 Å². The summed E-state index contributed by atoms with van der Waals surface area (Å²) in [5, 5.41) is 0. The second-order valence-corrected chi connectivity index (χ2v) is 15.2. The fourth-order valence-corrected chi connectivity index (χ4v) is 9.23. The van der Waals surface area contributed by atoms with Crippen LogP contribution in [0.15, 0.2) is 139 Å². The number of hydrogen-bond acceptors (Lipinski definition) is 4. The van der Waals surface area contributed by atoms with E-state index in [1.807, 2.05) is 6.07 Å². The van der Waals surface area contributed by atoms with Crippen molar-refractivity contribution in [1.29, 1.82) is 0 Å². The Bertz CT molecular complexity index is 2780. The number of aromatic nitrogens is 4. The van der Waals surface area contributed by atoms with Gasteiger partial charge in [-0.2, -0.15) is 0 Å². The van der Waals surface area contributed by atoms with Gasteiger partial charge in [-0.1, -0.05) is 91.0 Å². The van der Waals surface area contributed by atoms with Gasteiger partial charge in [0.15, 0.2) is 11.6 Å². The molecule has 10 rings (SSSR count). The number of ketones is 2. The Kier molecular flexibility index (Phi) is 8.59. The summed E-state index contributed by atoms with van der Waals surface area (Å²) in [5.74, 6) is 0.139. The van der Waals surface area contributed by atoms with Crippen LogP contribution in [-0.2, 0) is 22.4 Å². The fourth-order valence-electron chi connectivity index (χ4n) is 9.23. The van der Waals surface area contributed by atoms with Crippen molar-refractivity contribution in [2.24, 2.45) is 5.92 Å². The second-order valence-electron chi connectivity index (χ2n) is 15.2. The first-order chi connectivity index (χ1) is 27.6. The third-order valence-electron chi connectivity index (χ3n) is 11.8. The number of nitrogens with one attached hydrogen (secondary N) is 2. The van der Waals surface area contributed by atoms with E-state index >= 15 is 0 Å². The number of H-pyrrole nitrogens is 2. The minimum Gasteiger partial charge on any atom is -0.355 e. The second kappa shape index (κ2) is 14.2. The van der Waals surface area contributed by atoms with Crippen molar-refractivity contribution in [3.05, 3.63) is 167 Å². The first kappa shape index (κ1) is 33.9. The Morgan fingerprint density at radius 1 is 0.464 bits per heavy atom. The van der Waals surface area contributed by atoms with E-state index in [2.05, 4.69) is 131 Å². The molecule has 0 radical (unpaired) electrons. The maximum Gasteiger partial charge on any atom is 0.182 e. The predicted molar refractivity (Wildman–Crippen MR) is 226 cm³/mol. The first-order valence-electron chi connectivity index (χ1n) is 19.7. The zero-order valence-electron chi connectivity index (χ0n) is 31.0. The molecule has 8 bridgehead atoms. The molecule has 2 N–H and O–H groups in total. The average molecular weight is 729 g/mol. The fraction of sp³-hybridized carbons (Fsp3) is 0.160. The third-order valence-corrected chi connectivity index (χ3v) is 11.8. The summed E-state index contributed by atoms with van der Waals surface area (Å²) in [6, 6.07) is 40.5. The van der Waals surface area contributed by atoms with Gasteiger partial charge in [0.25, 0.3) is 0 Å². The molecular formula is C50H40N4O2. The molecule has 0 atom stereocenters. The number of rotatable bonds is 5. The number of nitrogens with zero attached hydrogens (tertiary/aromatic N) is 2. The molecule has 3 aromatic heterocycles. The lowest BCUT2D eigenvalue weighted by Crippen LogP contribution is -2.21. The molecule has 1 fully saturated rings. The lowest BCUT2D eigenvalue weighted by Gasteiger charge is -2.30. The van der Waals surface area contributed by atoms with E-state index in [4.69, 9.17) is 9.97 Å². The highest BCUT2D eigenvalue weighted by molar-refractivity contribution is 6.17. The van der Waals surface area contributed by atoms with Gasteiger partial charge < -0.3 is 9.97 Å². The topological polar surface area (TPSA) is 91.5 Å². The minimum atomic E-state index is -0.100. The van der Waals surface area contributed by atoms with Crippen LogP contribution in [0, 0.1) is 5.92 Å². The highest BCUT2D eigenvalue weighted by atomic mass is 16.1. The van der Waals surface area contributed by atoms with Crippen molar-refractivity contribution >= 4 is 45.8 Å². The minimum absolute atomic E-state index is 0.0362. The molecule has 0 spiro atoms. The number of allylic oxidation sites excluding steroid dienone is 4. The molecule has 272 valence electrons. The van der Waals surface area contributed by atoms with Crippen LogP contribution in [0.5, 0.6) is 0 Å². The van der Waals surface area contributed by atoms with Crippen molar-refractivity contribution in [3.63, 3.8) is 0 Å². The third kappa shape index (κ3) is 6.17. The van der Waals surface area contributed by atoms with Gasteiger partial charge in [0, 0.05) is 49.9 Å². The van der Waals surface area contributed by atoms with Crippen molar-refractivity contribution < 1.29 is 9.59 Å². The number of fused-ring (bicyclic) bond motifs is 8. The van der Waals surface area contributed by atoms with Gasteiger partial charge in [0.1, 0.15) is 0 Å². The maximum atomic E-state index is 12.8. The number of benzene rings is 3. The van der Waals surface area contributed by atoms with E-state index in [-0.39, 0.29) is 23.4 Å². The lowest BCUT2D eigenvalue weighted by atomic mass is 9.74. The molecule has 6 nitrogen and oxygen atoms in total. The van der Waals surface area contributed by atoms with Crippen molar-refractivity contribution in [2.45, 2.75) is 44.4 Å². The van der Waals surface area contributed by atoms with Crippen LogP contribution in [0.3, 0.4) is 0 Å². The Morgan fingerprint density at radius 3 is 1.54 bits per heavy atom. The van der Waals surface area contributed by atoms with Gasteiger partial charge in [-0.15, -0.1) is 0 Å². The number of carbonyl (C=O) groups excluding carboxylic acids is 2. The summed E-state index contributed by atoms with van der Waals surface area (Å²) in [7, 11) is 0. The Hall–Kier alpha value is -6.66. The molecular weight excluding hydrogens is 689 g/mol. The van der Waals surface area contributed by atoms with Crippen molar-refractivity contribution in [1.82, 2.24) is 19.9 Å². The quantitative estimate of drug-likeness (QED) is 0.173. The molecule has 0 unspecified atom stereocenters. The normalized spacial score (nSPS) is 18.0. The highest BCUT2D eigenvalue weighted by Crippen LogP contribution is 2.43. The van der Waals surface area contributed by atoms with Gasteiger partial charge >= 0.3 is 0 Å². The van der Waals surface area contributed by atoms with E-state index in [0.717, 1.165) is 117 Å². The molecule has 0 amide bonds. The molecule has 3 aromatic carbocycles. The molecule has 0 saturated heterocycles. The van der Waals surface area contributed by atoms with Crippen molar-refractivity contribution in [2.75, 3.05) is 0 Å². The van der Waals surface area contributed by atoms with Crippen LogP contribution in [0.2, 0.25) is 0 Å². The summed E-state index contributed by atoms with van der Waals surface area (Å²) < 4.78 is 0. The van der Waals surface area contributed by atoms with Gasteiger partial charge in [-0.25, -0.2) is 4.98 Å². The molecule has 4 aliphatic rings. The molecule has 2 aliphatic carbocycles. The van der Waals surface area contributed by atoms with Gasteiger partial charge in [-0.3, -0.25) is 14.6 Å². The summed E-state index contributed by atoms with van der Waals surface area (Å²) in [6.45, 7) is 0. The van der Waals surface area contributed by atoms with E-state index in [1.54, 1.807) is 6.08 Å². The van der Waals surface area contributed by atoms with Crippen LogP contribution in [0.1, 0.15) is 59.9 Å². The van der Waals surface area contributed by atoms with Crippen molar-refractivity contribution in [3.8, 4) is 33.4 Å². The van der Waals surface area contributed by atoms with Crippen LogP contribution >= 0.6 is 0 Å². The summed E-state index contributed by atoms with van der Waals surface area (Å²) in [6.07, 6.45) is 13.7. The first-order valence-corrected chi connectivity index (χ1v) is 19.7. The number of hydrogen-bond donors (Lipinski definition) is 2. The summed E-state index contributed by atoms with van der Waals surface area (Å²) in [5.41, 5.74) is 16.5. The Labute approximate surface area is 325 Å². The Balaban J connectivity index is 1.25. The monoisotopic (exact) mass is 728 g/mol. The summed E-state index contributed by atoms with van der Waals surface area (Å²) in [4.78, 5) is 43.8. The maximum absolute atomic E-state index is 12.8. The van der Waals surface area contributed by atoms with E-state index in [9.17, 15) is 9.59 Å². The van der Waals surface area contributed by atoms with E-state index in [1.165, 1.54) is 17.7 Å². The molecule has 2 aliphatic heterocycles. The molecule has 56 heavy (non-hydrogen) atoms. The van der Waals surface area contributed by atoms with E-state index in [0.29, 0.717) is 5.57 Å². The zero-order valence-corrected chi connectivity index (χ0v) is 31.0. The standard InChI is InChI=1S/C50H40N4O2/c55-36-20-29-46(56)37(30-36)31-16-18-35(19-17-31)50-44-27-25-42(53-44)48(33-12-6-2-7-13-33)40-23-21-38(51-40)47(32-10-4-1-5-11-32)39-22-24-41(52-39)49(34-14-8-3-9-15-34)43-26-28-45(50)54-43/h1-15,20-21,23,25-31,35,51,54H,16-19,22,24H2. The highest BCUT2D eigenvalue weighted by Gasteiger charge is 2.31. The predicted octanol–water partition coefficient (Wildman–Crippen LogP) is 11.2. The van der Waals surface area contributed by atoms with Gasteiger partial charge in [0.05, 0.1) is 22.8 Å². The smallest absolute Gasteiger partial charge is 0.182 e. The van der Waals surface area contributed by atoms with E-state index < -0.39 is 0 Å². The van der Waals surface area contributed by atoms with Gasteiger partial charge in [0.2, 0.25) is 0 Å². The SMILES string of the molecule is O=C1C=CC(=O)C(C2CCC(c3c4nc(c(-c5ccccc5)c5ccc([nH]5)c(-c5ccccc5)c5nc(c(-c6ccccc6)c6ccc3[nH]6)CC5)C=C4)CC2)=C1. The lowest BCUT2D eigenvalue weighted by molar-refractivity contribution is -0.115. The zero-order chi connectivity index (χ0) is 37.6.